The Balaban J connectivity index is 1.60. The summed E-state index contributed by atoms with van der Waals surface area (Å²) in [5.74, 6) is -2.44. The highest BCUT2D eigenvalue weighted by Gasteiger charge is 2.34. The van der Waals surface area contributed by atoms with Crippen LogP contribution in [0.15, 0.2) is 49.0 Å². The molecule has 12 heteroatoms. The van der Waals surface area contributed by atoms with Crippen LogP contribution in [0.1, 0.15) is 21.5 Å². The van der Waals surface area contributed by atoms with Crippen molar-refractivity contribution in [1.82, 2.24) is 4.90 Å². The number of anilines is 1. The van der Waals surface area contributed by atoms with Gasteiger partial charge in [0.2, 0.25) is 0 Å². The summed E-state index contributed by atoms with van der Waals surface area (Å²) in [7, 11) is 0. The molecule has 0 atom stereocenters. The smallest absolute Gasteiger partial charge is 0.416 e. The van der Waals surface area contributed by atoms with Crippen molar-refractivity contribution in [1.29, 1.82) is 0 Å². The summed E-state index contributed by atoms with van der Waals surface area (Å²) in [4.78, 5) is 47.4. The maximum absolute atomic E-state index is 12.7. The molecular formula is C20H14F3N3O6. The van der Waals surface area contributed by atoms with Crippen molar-refractivity contribution >= 4 is 34.9 Å². The standard InChI is InChI=1S/C20H14F3N3O6/c1-11-13-4-2-3-5-14(13)19(29)25(11)9-18(28)32-10-17(27)24-15-7-6-12(20(21,22)23)8-16(15)26(30)31/h2-8H,1,9-10H2,(H,24,27). The van der Waals surface area contributed by atoms with Crippen molar-refractivity contribution in [3.8, 4) is 0 Å². The number of amides is 2. The Labute approximate surface area is 178 Å². The Morgan fingerprint density at radius 1 is 1.16 bits per heavy atom. The fraction of sp³-hybridized carbons (Fsp3) is 0.150. The van der Waals surface area contributed by atoms with Gasteiger partial charge in [0.15, 0.2) is 6.61 Å². The number of esters is 1. The first-order valence-corrected chi connectivity index (χ1v) is 8.90. The van der Waals surface area contributed by atoms with Gasteiger partial charge in [-0.1, -0.05) is 24.8 Å². The summed E-state index contributed by atoms with van der Waals surface area (Å²) >= 11 is 0. The van der Waals surface area contributed by atoms with Crippen molar-refractivity contribution in [3.05, 3.63) is 75.8 Å². The van der Waals surface area contributed by atoms with E-state index in [1.54, 1.807) is 24.3 Å². The number of fused-ring (bicyclic) bond motifs is 1. The van der Waals surface area contributed by atoms with Gasteiger partial charge in [0, 0.05) is 22.9 Å². The van der Waals surface area contributed by atoms with Crippen molar-refractivity contribution in [2.24, 2.45) is 0 Å². The van der Waals surface area contributed by atoms with Gasteiger partial charge in [0.05, 0.1) is 10.5 Å². The maximum Gasteiger partial charge on any atom is 0.416 e. The van der Waals surface area contributed by atoms with Crippen LogP contribution in [0, 0.1) is 10.1 Å². The molecule has 9 nitrogen and oxygen atoms in total. The van der Waals surface area contributed by atoms with E-state index in [0.717, 1.165) is 11.0 Å². The summed E-state index contributed by atoms with van der Waals surface area (Å²) in [6, 6.07) is 8.15. The molecule has 1 heterocycles. The Bertz CT molecular complexity index is 1110. The van der Waals surface area contributed by atoms with Crippen LogP contribution in [-0.4, -0.2) is 40.8 Å². The van der Waals surface area contributed by atoms with E-state index in [1.807, 2.05) is 5.32 Å². The van der Waals surface area contributed by atoms with E-state index >= 15 is 0 Å². The van der Waals surface area contributed by atoms with Gasteiger partial charge in [-0.05, 0) is 18.2 Å². The van der Waals surface area contributed by atoms with Crippen LogP contribution in [0.4, 0.5) is 24.5 Å². The average molecular weight is 449 g/mol. The monoisotopic (exact) mass is 449 g/mol. The summed E-state index contributed by atoms with van der Waals surface area (Å²) in [6.07, 6.45) is -4.81. The largest absolute Gasteiger partial charge is 0.454 e. The van der Waals surface area contributed by atoms with E-state index in [4.69, 9.17) is 4.74 Å². The molecule has 1 N–H and O–H groups in total. The number of nitrogens with one attached hydrogen (secondary N) is 1. The average Bonchev–Trinajstić information content (AvgIpc) is 2.96. The van der Waals surface area contributed by atoms with E-state index in [2.05, 4.69) is 6.58 Å². The highest BCUT2D eigenvalue weighted by atomic mass is 19.4. The summed E-state index contributed by atoms with van der Waals surface area (Å²) < 4.78 is 43.0. The van der Waals surface area contributed by atoms with Gasteiger partial charge in [-0.25, -0.2) is 0 Å². The Hall–Kier alpha value is -4.22. The Kier molecular flexibility index (Phi) is 5.96. The number of alkyl halides is 3. The lowest BCUT2D eigenvalue weighted by Gasteiger charge is -2.16. The first-order chi connectivity index (χ1) is 15.0. The summed E-state index contributed by atoms with van der Waals surface area (Å²) in [5.41, 5.74) is -1.54. The third kappa shape index (κ3) is 4.58. The van der Waals surface area contributed by atoms with Crippen molar-refractivity contribution < 1.29 is 37.2 Å². The quantitative estimate of drug-likeness (QED) is 0.411. The van der Waals surface area contributed by atoms with Crippen molar-refractivity contribution in [2.75, 3.05) is 18.5 Å². The second-order valence-corrected chi connectivity index (χ2v) is 6.58. The molecular weight excluding hydrogens is 435 g/mol. The predicted molar refractivity (Wildman–Crippen MR) is 104 cm³/mol. The van der Waals surface area contributed by atoms with Crippen LogP contribution in [-0.2, 0) is 20.5 Å². The molecule has 0 saturated heterocycles. The molecule has 2 amide bonds. The molecule has 0 bridgehead atoms. The third-order valence-corrected chi connectivity index (χ3v) is 4.49. The van der Waals surface area contributed by atoms with Crippen LogP contribution in [0.5, 0.6) is 0 Å². The van der Waals surface area contributed by atoms with Gasteiger partial charge >= 0.3 is 12.1 Å². The lowest BCUT2D eigenvalue weighted by Crippen LogP contribution is -2.32. The summed E-state index contributed by atoms with van der Waals surface area (Å²) in [5, 5.41) is 13.1. The van der Waals surface area contributed by atoms with E-state index in [0.29, 0.717) is 17.2 Å². The number of halogens is 3. The molecule has 1 aliphatic rings. The molecule has 1 aliphatic heterocycles. The number of carbonyl (C=O) groups excluding carboxylic acids is 3. The Morgan fingerprint density at radius 3 is 2.41 bits per heavy atom. The van der Waals surface area contributed by atoms with E-state index in [-0.39, 0.29) is 11.8 Å². The lowest BCUT2D eigenvalue weighted by atomic mass is 10.1. The van der Waals surface area contributed by atoms with Crippen LogP contribution in [0.3, 0.4) is 0 Å². The number of ether oxygens (including phenoxy) is 1. The zero-order valence-corrected chi connectivity index (χ0v) is 16.1. The fourth-order valence-corrected chi connectivity index (χ4v) is 2.97. The lowest BCUT2D eigenvalue weighted by molar-refractivity contribution is -0.384. The van der Waals surface area contributed by atoms with E-state index < -0.39 is 59.0 Å². The number of carbonyl (C=O) groups is 3. The minimum atomic E-state index is -4.81. The van der Waals surface area contributed by atoms with Crippen molar-refractivity contribution in [3.63, 3.8) is 0 Å². The molecule has 0 radical (unpaired) electrons. The first-order valence-electron chi connectivity index (χ1n) is 8.90. The fourth-order valence-electron chi connectivity index (χ4n) is 2.97. The molecule has 3 rings (SSSR count). The molecule has 0 spiro atoms. The molecule has 0 aliphatic carbocycles. The van der Waals surface area contributed by atoms with Gasteiger partial charge in [-0.15, -0.1) is 0 Å². The molecule has 166 valence electrons. The third-order valence-electron chi connectivity index (χ3n) is 4.49. The molecule has 0 unspecified atom stereocenters. The second kappa shape index (κ2) is 8.49. The molecule has 0 saturated carbocycles. The van der Waals surface area contributed by atoms with Crippen LogP contribution in [0.25, 0.3) is 5.70 Å². The summed E-state index contributed by atoms with van der Waals surface area (Å²) in [6.45, 7) is 2.35. The van der Waals surface area contributed by atoms with Crippen LogP contribution < -0.4 is 5.32 Å². The molecule has 2 aromatic carbocycles. The number of rotatable bonds is 6. The van der Waals surface area contributed by atoms with Gasteiger partial charge in [-0.3, -0.25) is 29.4 Å². The molecule has 0 fully saturated rings. The predicted octanol–water partition coefficient (Wildman–Crippen LogP) is 3.22. The zero-order chi connectivity index (χ0) is 23.6. The van der Waals surface area contributed by atoms with Gasteiger partial charge in [0.1, 0.15) is 12.2 Å². The van der Waals surface area contributed by atoms with E-state index in [9.17, 15) is 37.7 Å². The highest BCUT2D eigenvalue weighted by Crippen LogP contribution is 2.35. The Morgan fingerprint density at radius 2 is 1.81 bits per heavy atom. The van der Waals surface area contributed by atoms with Crippen molar-refractivity contribution in [2.45, 2.75) is 6.18 Å². The highest BCUT2D eigenvalue weighted by molar-refractivity contribution is 6.10. The normalized spacial score (nSPS) is 13.0. The molecule has 0 aromatic heterocycles. The molecule has 32 heavy (non-hydrogen) atoms. The van der Waals surface area contributed by atoms with Gasteiger partial charge in [-0.2, -0.15) is 13.2 Å². The minimum absolute atomic E-state index is 0.282. The van der Waals surface area contributed by atoms with Crippen LogP contribution >= 0.6 is 0 Å². The number of hydrogen-bond acceptors (Lipinski definition) is 6. The van der Waals surface area contributed by atoms with E-state index in [1.165, 1.54) is 0 Å². The number of hydrogen-bond donors (Lipinski definition) is 1. The maximum atomic E-state index is 12.7. The zero-order valence-electron chi connectivity index (χ0n) is 16.1. The number of nitro benzene ring substituents is 1. The minimum Gasteiger partial charge on any atom is -0.454 e. The van der Waals surface area contributed by atoms with Gasteiger partial charge in [0.25, 0.3) is 17.5 Å². The molecule has 2 aromatic rings. The first kappa shape index (κ1) is 22.5. The topological polar surface area (TPSA) is 119 Å². The van der Waals surface area contributed by atoms with Crippen LogP contribution in [0.2, 0.25) is 0 Å². The SMILES string of the molecule is C=C1c2ccccc2C(=O)N1CC(=O)OCC(=O)Nc1ccc(C(F)(F)F)cc1[N+](=O)[O-]. The number of nitrogens with zero attached hydrogens (tertiary/aromatic N) is 2. The second-order valence-electron chi connectivity index (χ2n) is 6.58. The number of benzene rings is 2. The number of nitro groups is 1. The van der Waals surface area contributed by atoms with Gasteiger partial charge < -0.3 is 10.1 Å².